The molecule has 1 saturated carbocycles. The van der Waals surface area contributed by atoms with Gasteiger partial charge < -0.3 is 9.67 Å². The average molecular weight is 312 g/mol. The van der Waals surface area contributed by atoms with Crippen molar-refractivity contribution in [2.45, 2.75) is 63.3 Å². The van der Waals surface area contributed by atoms with Crippen LogP contribution in [0.5, 0.6) is 0 Å². The second-order valence-electron chi connectivity index (χ2n) is 5.69. The normalized spacial score (nSPS) is 16.4. The second-order valence-corrected chi connectivity index (χ2v) is 6.63. The van der Waals surface area contributed by atoms with E-state index in [4.69, 9.17) is 5.11 Å². The van der Waals surface area contributed by atoms with Crippen LogP contribution in [0.3, 0.4) is 0 Å². The van der Waals surface area contributed by atoms with Gasteiger partial charge in [-0.15, -0.1) is 10.2 Å². The second kappa shape index (κ2) is 7.26. The summed E-state index contributed by atoms with van der Waals surface area (Å²) in [7, 11) is 2.16. The van der Waals surface area contributed by atoms with E-state index >= 15 is 0 Å². The summed E-state index contributed by atoms with van der Waals surface area (Å²) in [4.78, 5) is 13.2. The summed E-state index contributed by atoms with van der Waals surface area (Å²) < 4.78 is 2.10. The van der Waals surface area contributed by atoms with Gasteiger partial charge in [0.2, 0.25) is 0 Å². The van der Waals surface area contributed by atoms with Crippen molar-refractivity contribution in [2.24, 2.45) is 0 Å². The van der Waals surface area contributed by atoms with Gasteiger partial charge in [0, 0.05) is 25.0 Å². The summed E-state index contributed by atoms with van der Waals surface area (Å²) in [5.74, 6) is 0.160. The molecule has 0 bridgehead atoms. The molecule has 1 atom stereocenters. The third-order valence-corrected chi connectivity index (χ3v) is 4.81. The average Bonchev–Trinajstić information content (AvgIpc) is 3.22. The maximum absolute atomic E-state index is 10.8. The Hall–Kier alpha value is -1.08. The lowest BCUT2D eigenvalue weighted by atomic mass is 10.2. The summed E-state index contributed by atoms with van der Waals surface area (Å²) in [5, 5.41) is 18.0. The van der Waals surface area contributed by atoms with Gasteiger partial charge in [0.1, 0.15) is 5.82 Å². The van der Waals surface area contributed by atoms with E-state index in [9.17, 15) is 4.79 Å². The minimum atomic E-state index is -0.824. The van der Waals surface area contributed by atoms with Crippen molar-refractivity contribution in [1.29, 1.82) is 0 Å². The van der Waals surface area contributed by atoms with Crippen LogP contribution in [0.2, 0.25) is 0 Å². The number of carboxylic acids is 1. The fraction of sp³-hybridized carbons (Fsp3) is 0.786. The number of carbonyl (C=O) groups is 1. The van der Waals surface area contributed by atoms with Crippen molar-refractivity contribution >= 4 is 17.7 Å². The Labute approximate surface area is 129 Å². The number of thioether (sulfide) groups is 1. The lowest BCUT2D eigenvalue weighted by Gasteiger charge is -2.25. The predicted octanol–water partition coefficient (Wildman–Crippen LogP) is 1.89. The van der Waals surface area contributed by atoms with Crippen LogP contribution in [0.1, 0.15) is 38.9 Å². The lowest BCUT2D eigenvalue weighted by Crippen LogP contribution is -2.35. The molecule has 1 aromatic heterocycles. The topological polar surface area (TPSA) is 71.2 Å². The number of hydrogen-bond acceptors (Lipinski definition) is 5. The van der Waals surface area contributed by atoms with Gasteiger partial charge in [-0.25, -0.2) is 0 Å². The van der Waals surface area contributed by atoms with Crippen LogP contribution >= 0.6 is 11.8 Å². The van der Waals surface area contributed by atoms with E-state index < -0.39 is 5.97 Å². The van der Waals surface area contributed by atoms with Gasteiger partial charge in [0.25, 0.3) is 0 Å². The molecule has 2 rings (SSSR count). The van der Waals surface area contributed by atoms with Crippen LogP contribution in [0, 0.1) is 0 Å². The van der Waals surface area contributed by atoms with Crippen molar-refractivity contribution in [2.75, 3.05) is 12.8 Å². The Balaban J connectivity index is 2.09. The highest BCUT2D eigenvalue weighted by molar-refractivity contribution is 7.99. The van der Waals surface area contributed by atoms with Crippen LogP contribution in [0.4, 0.5) is 0 Å². The maximum Gasteiger partial charge on any atom is 0.313 e. The Morgan fingerprint density at radius 1 is 1.52 bits per heavy atom. The fourth-order valence-corrected chi connectivity index (χ4v) is 3.07. The van der Waals surface area contributed by atoms with E-state index in [1.807, 2.05) is 0 Å². The van der Waals surface area contributed by atoms with Crippen LogP contribution in [-0.4, -0.2) is 55.6 Å². The quantitative estimate of drug-likeness (QED) is 0.702. The molecule has 1 unspecified atom stereocenters. The molecule has 0 aliphatic heterocycles. The largest absolute Gasteiger partial charge is 0.481 e. The molecule has 1 fully saturated rings. The van der Waals surface area contributed by atoms with Gasteiger partial charge in [-0.2, -0.15) is 0 Å². The molecule has 1 aliphatic carbocycles. The molecule has 7 heteroatoms. The highest BCUT2D eigenvalue weighted by atomic mass is 32.2. The van der Waals surface area contributed by atoms with E-state index in [0.717, 1.165) is 30.4 Å². The van der Waals surface area contributed by atoms with Gasteiger partial charge in [-0.3, -0.25) is 9.69 Å². The van der Waals surface area contributed by atoms with E-state index in [1.165, 1.54) is 24.6 Å². The standard InChI is InChI=1S/C14H24N4O2S/c1-4-5-12-15-16-14(21-9-13(19)20)18(12)8-10(2)17(3)11-6-7-11/h10-11H,4-9H2,1-3H3,(H,19,20). The summed E-state index contributed by atoms with van der Waals surface area (Å²) in [5.41, 5.74) is 0. The van der Waals surface area contributed by atoms with Crippen molar-refractivity contribution in [3.63, 3.8) is 0 Å². The third kappa shape index (κ3) is 4.44. The molecule has 0 spiro atoms. The zero-order valence-electron chi connectivity index (χ0n) is 12.9. The smallest absolute Gasteiger partial charge is 0.313 e. The first kappa shape index (κ1) is 16.3. The van der Waals surface area contributed by atoms with E-state index in [-0.39, 0.29) is 5.75 Å². The molecule has 21 heavy (non-hydrogen) atoms. The highest BCUT2D eigenvalue weighted by Gasteiger charge is 2.30. The molecule has 0 aromatic carbocycles. The number of nitrogens with zero attached hydrogens (tertiary/aromatic N) is 4. The summed E-state index contributed by atoms with van der Waals surface area (Å²) >= 11 is 1.25. The number of aromatic nitrogens is 3. The van der Waals surface area contributed by atoms with Gasteiger partial charge in [-0.05, 0) is 33.2 Å². The zero-order chi connectivity index (χ0) is 15.4. The molecule has 1 aromatic rings. The summed E-state index contributed by atoms with van der Waals surface area (Å²) in [6.45, 7) is 5.14. The molecular weight excluding hydrogens is 288 g/mol. The first-order valence-corrected chi connectivity index (χ1v) is 8.50. The number of rotatable bonds is 9. The number of carboxylic acid groups (broad SMARTS) is 1. The van der Waals surface area contributed by atoms with Crippen LogP contribution in [0.15, 0.2) is 5.16 Å². The van der Waals surface area contributed by atoms with E-state index in [0.29, 0.717) is 12.1 Å². The number of aliphatic carboxylic acids is 1. The molecule has 118 valence electrons. The fourth-order valence-electron chi connectivity index (χ4n) is 2.38. The minimum absolute atomic E-state index is 0.0249. The number of likely N-dealkylation sites (N-methyl/N-ethyl adjacent to an activating group) is 1. The van der Waals surface area contributed by atoms with Crippen molar-refractivity contribution in [3.05, 3.63) is 5.82 Å². The Kier molecular flexibility index (Phi) is 5.64. The molecule has 0 radical (unpaired) electrons. The Morgan fingerprint density at radius 3 is 2.81 bits per heavy atom. The molecule has 0 amide bonds. The van der Waals surface area contributed by atoms with Gasteiger partial charge in [0.05, 0.1) is 5.75 Å². The Bertz CT molecular complexity index is 487. The van der Waals surface area contributed by atoms with Crippen LogP contribution in [-0.2, 0) is 17.8 Å². The first-order valence-electron chi connectivity index (χ1n) is 7.51. The highest BCUT2D eigenvalue weighted by Crippen LogP contribution is 2.28. The summed E-state index contributed by atoms with van der Waals surface area (Å²) in [6.07, 6.45) is 4.45. The minimum Gasteiger partial charge on any atom is -0.481 e. The molecule has 1 aliphatic rings. The lowest BCUT2D eigenvalue weighted by molar-refractivity contribution is -0.133. The van der Waals surface area contributed by atoms with Crippen molar-refractivity contribution in [3.8, 4) is 0 Å². The van der Waals surface area contributed by atoms with Gasteiger partial charge in [0.15, 0.2) is 5.16 Å². The first-order chi connectivity index (χ1) is 10.0. The third-order valence-electron chi connectivity index (χ3n) is 3.86. The summed E-state index contributed by atoms with van der Waals surface area (Å²) in [6, 6.07) is 1.11. The van der Waals surface area contributed by atoms with Crippen LogP contribution < -0.4 is 0 Å². The Morgan fingerprint density at radius 2 is 2.24 bits per heavy atom. The van der Waals surface area contributed by atoms with E-state index in [2.05, 4.69) is 40.6 Å². The number of hydrogen-bond donors (Lipinski definition) is 1. The predicted molar refractivity (Wildman–Crippen MR) is 82.6 cm³/mol. The maximum atomic E-state index is 10.8. The number of aryl methyl sites for hydroxylation is 1. The van der Waals surface area contributed by atoms with Crippen molar-refractivity contribution < 1.29 is 9.90 Å². The van der Waals surface area contributed by atoms with Crippen molar-refractivity contribution in [1.82, 2.24) is 19.7 Å². The molecule has 6 nitrogen and oxygen atoms in total. The van der Waals surface area contributed by atoms with E-state index in [1.54, 1.807) is 0 Å². The van der Waals surface area contributed by atoms with Crippen LogP contribution in [0.25, 0.3) is 0 Å². The monoisotopic (exact) mass is 312 g/mol. The molecule has 0 saturated heterocycles. The molecular formula is C14H24N4O2S. The zero-order valence-corrected chi connectivity index (χ0v) is 13.8. The molecule has 1 heterocycles. The SMILES string of the molecule is CCCc1nnc(SCC(=O)O)n1CC(C)N(C)C1CC1. The van der Waals surface area contributed by atoms with Gasteiger partial charge in [-0.1, -0.05) is 18.7 Å². The molecule has 1 N–H and O–H groups in total. The van der Waals surface area contributed by atoms with Gasteiger partial charge >= 0.3 is 5.97 Å².